The van der Waals surface area contributed by atoms with Gasteiger partial charge in [0.15, 0.2) is 0 Å². The van der Waals surface area contributed by atoms with Crippen LogP contribution in [0.4, 0.5) is 5.82 Å². The van der Waals surface area contributed by atoms with Gasteiger partial charge in [-0.15, -0.1) is 0 Å². The number of phenols is 1. The Labute approximate surface area is 144 Å². The first-order chi connectivity index (χ1) is 12.0. The summed E-state index contributed by atoms with van der Waals surface area (Å²) in [7, 11) is 0. The molecule has 1 fully saturated rings. The van der Waals surface area contributed by atoms with E-state index in [2.05, 4.69) is 4.98 Å². The molecule has 1 aliphatic heterocycles. The number of amides is 1. The maximum atomic E-state index is 12.8. The summed E-state index contributed by atoms with van der Waals surface area (Å²) in [6, 6.07) is 6.45. The van der Waals surface area contributed by atoms with Crippen molar-refractivity contribution < 1.29 is 14.6 Å². The molecule has 8 heteroatoms. The number of nitrogens with zero attached hydrogens (tertiary/aromatic N) is 3. The first-order valence-electron chi connectivity index (χ1n) is 8.00. The predicted molar refractivity (Wildman–Crippen MR) is 92.2 cm³/mol. The van der Waals surface area contributed by atoms with E-state index in [1.165, 1.54) is 10.6 Å². The zero-order chi connectivity index (χ0) is 18.0. The van der Waals surface area contributed by atoms with Gasteiger partial charge in [-0.05, 0) is 18.6 Å². The van der Waals surface area contributed by atoms with Gasteiger partial charge in [0, 0.05) is 19.2 Å². The molecule has 1 aliphatic rings. The highest BCUT2D eigenvalue weighted by Gasteiger charge is 2.19. The Bertz CT molecular complexity index is 856. The van der Waals surface area contributed by atoms with Crippen LogP contribution in [0, 0.1) is 6.92 Å². The number of primary amides is 1. The maximum Gasteiger partial charge on any atom is 0.260 e. The zero-order valence-corrected chi connectivity index (χ0v) is 13.9. The monoisotopic (exact) mass is 344 g/mol. The normalized spacial score (nSPS) is 14.5. The number of rotatable bonds is 4. The van der Waals surface area contributed by atoms with Gasteiger partial charge in [0.25, 0.3) is 5.56 Å². The minimum Gasteiger partial charge on any atom is -0.505 e. The smallest absolute Gasteiger partial charge is 0.260 e. The number of aromatic hydroxyl groups is 1. The minimum absolute atomic E-state index is 0.0313. The van der Waals surface area contributed by atoms with Crippen LogP contribution in [0.3, 0.4) is 0 Å². The maximum absolute atomic E-state index is 12.8. The fourth-order valence-electron chi connectivity index (χ4n) is 2.83. The number of anilines is 1. The Morgan fingerprint density at radius 2 is 2.08 bits per heavy atom. The molecule has 1 aromatic heterocycles. The molecule has 1 saturated heterocycles. The molecule has 0 unspecified atom stereocenters. The van der Waals surface area contributed by atoms with E-state index >= 15 is 0 Å². The number of carbonyl (C=O) groups excluding carboxylic acids is 1. The molecule has 3 N–H and O–H groups in total. The molecule has 1 amide bonds. The highest BCUT2D eigenvalue weighted by atomic mass is 16.5. The van der Waals surface area contributed by atoms with Crippen LogP contribution < -0.4 is 16.2 Å². The number of carbonyl (C=O) groups is 1. The van der Waals surface area contributed by atoms with Gasteiger partial charge in [-0.25, -0.2) is 4.98 Å². The van der Waals surface area contributed by atoms with Crippen LogP contribution in [0.25, 0.3) is 5.69 Å². The summed E-state index contributed by atoms with van der Waals surface area (Å²) in [5.74, 6) is 0.0403. The molecule has 3 rings (SSSR count). The predicted octanol–water partition coefficient (Wildman–Crippen LogP) is 0.111. The fourth-order valence-corrected chi connectivity index (χ4v) is 2.83. The Balaban J connectivity index is 2.15. The van der Waals surface area contributed by atoms with Gasteiger partial charge in [0.2, 0.25) is 5.91 Å². The van der Waals surface area contributed by atoms with Crippen LogP contribution in [0.5, 0.6) is 5.75 Å². The van der Waals surface area contributed by atoms with Crippen molar-refractivity contribution in [3.8, 4) is 11.4 Å². The molecule has 0 aliphatic carbocycles. The number of hydrogen-bond acceptors (Lipinski definition) is 6. The van der Waals surface area contributed by atoms with Crippen LogP contribution in [0.15, 0.2) is 29.1 Å². The van der Waals surface area contributed by atoms with Crippen molar-refractivity contribution in [1.82, 2.24) is 9.55 Å². The van der Waals surface area contributed by atoms with E-state index in [0.717, 1.165) is 0 Å². The lowest BCUT2D eigenvalue weighted by Crippen LogP contribution is -2.38. The van der Waals surface area contributed by atoms with E-state index in [-0.39, 0.29) is 29.2 Å². The van der Waals surface area contributed by atoms with Crippen molar-refractivity contribution in [2.45, 2.75) is 13.3 Å². The molecule has 2 heterocycles. The summed E-state index contributed by atoms with van der Waals surface area (Å²) >= 11 is 0. The highest BCUT2D eigenvalue weighted by Crippen LogP contribution is 2.25. The number of aryl methyl sites for hydroxylation is 1. The van der Waals surface area contributed by atoms with Crippen LogP contribution in [-0.2, 0) is 16.0 Å². The third-order valence-electron chi connectivity index (χ3n) is 4.10. The van der Waals surface area contributed by atoms with Crippen LogP contribution >= 0.6 is 0 Å². The standard InChI is InChI=1S/C17H20N4O4/c1-11-3-2-4-12(17(11)24)21-15(9-13(18)22)19-14(10-16(21)23)20-5-7-25-8-6-20/h2-4,10,24H,5-9H2,1H3,(H2,18,22). The van der Waals surface area contributed by atoms with Gasteiger partial charge >= 0.3 is 0 Å². The van der Waals surface area contributed by atoms with E-state index in [1.807, 2.05) is 4.90 Å². The van der Waals surface area contributed by atoms with Gasteiger partial charge in [0.1, 0.15) is 17.4 Å². The third-order valence-corrected chi connectivity index (χ3v) is 4.10. The molecule has 25 heavy (non-hydrogen) atoms. The largest absolute Gasteiger partial charge is 0.505 e. The lowest BCUT2D eigenvalue weighted by molar-refractivity contribution is -0.117. The summed E-state index contributed by atoms with van der Waals surface area (Å²) in [4.78, 5) is 30.6. The van der Waals surface area contributed by atoms with E-state index in [9.17, 15) is 14.7 Å². The average molecular weight is 344 g/mol. The number of aromatic nitrogens is 2. The first kappa shape index (κ1) is 17.0. The summed E-state index contributed by atoms with van der Waals surface area (Å²) in [5.41, 5.74) is 5.84. The molecule has 2 aromatic rings. The van der Waals surface area contributed by atoms with Crippen molar-refractivity contribution in [2.75, 3.05) is 31.2 Å². The number of phenolic OH excluding ortho intramolecular Hbond substituents is 1. The average Bonchev–Trinajstić information content (AvgIpc) is 2.58. The molecule has 132 valence electrons. The Morgan fingerprint density at radius 3 is 2.76 bits per heavy atom. The second kappa shape index (κ2) is 6.94. The Kier molecular flexibility index (Phi) is 4.71. The summed E-state index contributed by atoms with van der Waals surface area (Å²) < 4.78 is 6.54. The van der Waals surface area contributed by atoms with Crippen LogP contribution in [-0.4, -0.2) is 46.9 Å². The van der Waals surface area contributed by atoms with Gasteiger partial charge < -0.3 is 20.5 Å². The van der Waals surface area contributed by atoms with Crippen LogP contribution in [0.2, 0.25) is 0 Å². The van der Waals surface area contributed by atoms with Gasteiger partial charge in [-0.3, -0.25) is 14.2 Å². The van der Waals surface area contributed by atoms with Crippen molar-refractivity contribution in [3.63, 3.8) is 0 Å². The number of morpholine rings is 1. The van der Waals surface area contributed by atoms with Gasteiger partial charge in [-0.2, -0.15) is 0 Å². The molecule has 0 saturated carbocycles. The highest BCUT2D eigenvalue weighted by molar-refractivity contribution is 5.76. The zero-order valence-electron chi connectivity index (χ0n) is 13.9. The lowest BCUT2D eigenvalue weighted by atomic mass is 10.2. The number of para-hydroxylation sites is 1. The fraction of sp³-hybridized carbons (Fsp3) is 0.353. The topological polar surface area (TPSA) is 111 Å². The van der Waals surface area contributed by atoms with Gasteiger partial charge in [0.05, 0.1) is 25.3 Å². The molecule has 0 bridgehead atoms. The number of hydrogen-bond donors (Lipinski definition) is 2. The second-order valence-corrected chi connectivity index (χ2v) is 5.89. The Hall–Kier alpha value is -2.87. The molecule has 8 nitrogen and oxygen atoms in total. The lowest BCUT2D eigenvalue weighted by Gasteiger charge is -2.28. The molecular weight excluding hydrogens is 324 g/mol. The first-order valence-corrected chi connectivity index (χ1v) is 8.00. The van der Waals surface area contributed by atoms with Gasteiger partial charge in [-0.1, -0.05) is 12.1 Å². The second-order valence-electron chi connectivity index (χ2n) is 5.89. The summed E-state index contributed by atoms with van der Waals surface area (Å²) in [5, 5.41) is 10.3. The molecule has 0 spiro atoms. The molecule has 0 atom stereocenters. The van der Waals surface area contributed by atoms with E-state index in [0.29, 0.717) is 37.7 Å². The van der Waals surface area contributed by atoms with E-state index in [1.54, 1.807) is 25.1 Å². The van der Waals surface area contributed by atoms with Crippen molar-refractivity contribution in [1.29, 1.82) is 0 Å². The number of benzene rings is 1. The quantitative estimate of drug-likeness (QED) is 0.814. The van der Waals surface area contributed by atoms with Crippen molar-refractivity contribution in [3.05, 3.63) is 46.0 Å². The SMILES string of the molecule is Cc1cccc(-n2c(CC(N)=O)nc(N3CCOCC3)cc2=O)c1O. The number of nitrogens with two attached hydrogens (primary N) is 1. The molecule has 0 radical (unpaired) electrons. The summed E-state index contributed by atoms with van der Waals surface area (Å²) in [6.45, 7) is 4.06. The minimum atomic E-state index is -0.605. The van der Waals surface area contributed by atoms with Crippen LogP contribution in [0.1, 0.15) is 11.4 Å². The van der Waals surface area contributed by atoms with E-state index < -0.39 is 5.91 Å². The Morgan fingerprint density at radius 1 is 1.36 bits per heavy atom. The van der Waals surface area contributed by atoms with Crippen molar-refractivity contribution in [2.24, 2.45) is 5.73 Å². The van der Waals surface area contributed by atoms with E-state index in [4.69, 9.17) is 10.5 Å². The molecular formula is C17H20N4O4. The van der Waals surface area contributed by atoms with Crippen molar-refractivity contribution >= 4 is 11.7 Å². The molecule has 1 aromatic carbocycles. The number of ether oxygens (including phenoxy) is 1. The summed E-state index contributed by atoms with van der Waals surface area (Å²) in [6.07, 6.45) is -0.208. The third kappa shape index (κ3) is 3.48.